The molecule has 2 aromatic rings. The highest BCUT2D eigenvalue weighted by atomic mass is 32.2. The van der Waals surface area contributed by atoms with E-state index in [-0.39, 0.29) is 12.2 Å². The SMILES string of the molecule is COCCCN(C=O)c1ccc(SNC2(CF)CC2)cc1N(C)c1nnc(C)s1. The lowest BCUT2D eigenvalue weighted by atomic mass is 10.2. The van der Waals surface area contributed by atoms with E-state index in [9.17, 15) is 9.18 Å². The number of ether oxygens (including phenoxy) is 1. The van der Waals surface area contributed by atoms with Crippen LogP contribution in [0, 0.1) is 6.92 Å². The van der Waals surface area contributed by atoms with Crippen molar-refractivity contribution in [3.63, 3.8) is 0 Å². The third-order valence-corrected chi connectivity index (χ3v) is 6.73. The number of benzene rings is 1. The van der Waals surface area contributed by atoms with Gasteiger partial charge >= 0.3 is 0 Å². The van der Waals surface area contributed by atoms with Crippen LogP contribution in [0.15, 0.2) is 23.1 Å². The van der Waals surface area contributed by atoms with Crippen LogP contribution < -0.4 is 14.5 Å². The standard InChI is InChI=1S/C19H26FN5O2S2/c1-14-21-22-18(28-14)24(2)17-11-15(29-23-19(12-20)7-8-19)5-6-16(17)25(13-26)9-4-10-27-3/h5-6,11,13,23H,4,7-10,12H2,1-3H3. The molecule has 0 spiro atoms. The van der Waals surface area contributed by atoms with E-state index in [4.69, 9.17) is 4.74 Å². The summed E-state index contributed by atoms with van der Waals surface area (Å²) in [4.78, 5) is 16.3. The Bertz CT molecular complexity index is 831. The van der Waals surface area contributed by atoms with Crippen LogP contribution in [-0.4, -0.2) is 56.1 Å². The molecule has 0 radical (unpaired) electrons. The Morgan fingerprint density at radius 1 is 1.38 bits per heavy atom. The fraction of sp³-hybridized carbons (Fsp3) is 0.526. The Hall–Kier alpha value is -1.75. The van der Waals surface area contributed by atoms with Crippen LogP contribution in [0.2, 0.25) is 0 Å². The molecule has 1 aromatic heterocycles. The number of carbonyl (C=O) groups excluding carboxylic acids is 1. The first-order chi connectivity index (χ1) is 14.0. The van der Waals surface area contributed by atoms with Gasteiger partial charge in [-0.25, -0.2) is 4.39 Å². The molecule has 7 nitrogen and oxygen atoms in total. The van der Waals surface area contributed by atoms with Crippen molar-refractivity contribution >= 4 is 46.2 Å². The molecule has 0 unspecified atom stereocenters. The zero-order valence-electron chi connectivity index (χ0n) is 16.9. The number of alkyl halides is 1. The van der Waals surface area contributed by atoms with Crippen LogP contribution in [0.4, 0.5) is 20.9 Å². The Morgan fingerprint density at radius 2 is 2.17 bits per heavy atom. The second kappa shape index (κ2) is 9.84. The fourth-order valence-corrected chi connectivity index (χ4v) is 4.36. The van der Waals surface area contributed by atoms with Gasteiger partial charge in [0.25, 0.3) is 0 Å². The molecular formula is C19H26FN5O2S2. The molecule has 1 N–H and O–H groups in total. The Balaban J connectivity index is 1.87. The van der Waals surface area contributed by atoms with Gasteiger partial charge in [-0.15, -0.1) is 10.2 Å². The number of hydrogen-bond donors (Lipinski definition) is 1. The number of methoxy groups -OCH3 is 1. The van der Waals surface area contributed by atoms with Crippen molar-refractivity contribution in [2.24, 2.45) is 0 Å². The van der Waals surface area contributed by atoms with Crippen LogP contribution in [0.1, 0.15) is 24.3 Å². The van der Waals surface area contributed by atoms with Crippen molar-refractivity contribution in [1.29, 1.82) is 0 Å². The number of carbonyl (C=O) groups is 1. The van der Waals surface area contributed by atoms with E-state index in [1.807, 2.05) is 37.1 Å². The molecule has 0 atom stereocenters. The zero-order valence-corrected chi connectivity index (χ0v) is 18.5. The fourth-order valence-electron chi connectivity index (χ4n) is 2.79. The lowest BCUT2D eigenvalue weighted by Crippen LogP contribution is -2.27. The van der Waals surface area contributed by atoms with Crippen LogP contribution >= 0.6 is 23.3 Å². The van der Waals surface area contributed by atoms with Gasteiger partial charge in [0.2, 0.25) is 11.5 Å². The van der Waals surface area contributed by atoms with Gasteiger partial charge in [0.05, 0.1) is 16.9 Å². The molecule has 1 aliphatic rings. The maximum absolute atomic E-state index is 13.2. The molecule has 1 saturated carbocycles. The number of hydrogen-bond acceptors (Lipinski definition) is 8. The summed E-state index contributed by atoms with van der Waals surface area (Å²) in [6, 6.07) is 5.85. The summed E-state index contributed by atoms with van der Waals surface area (Å²) < 4.78 is 21.5. The first kappa shape index (κ1) is 21.9. The van der Waals surface area contributed by atoms with E-state index >= 15 is 0 Å². The second-order valence-corrected chi connectivity index (χ2v) is 9.12. The molecule has 0 saturated heterocycles. The number of aromatic nitrogens is 2. The molecule has 0 aliphatic heterocycles. The predicted octanol–water partition coefficient (Wildman–Crippen LogP) is 3.71. The van der Waals surface area contributed by atoms with Crippen molar-refractivity contribution in [2.75, 3.05) is 43.8 Å². The topological polar surface area (TPSA) is 70.6 Å². The van der Waals surface area contributed by atoms with E-state index < -0.39 is 0 Å². The minimum absolute atomic E-state index is 0.368. The van der Waals surface area contributed by atoms with Crippen molar-refractivity contribution < 1.29 is 13.9 Å². The van der Waals surface area contributed by atoms with E-state index in [0.29, 0.717) is 13.2 Å². The number of rotatable bonds is 12. The molecule has 1 amide bonds. The number of nitrogens with zero attached hydrogens (tertiary/aromatic N) is 4. The molecule has 29 heavy (non-hydrogen) atoms. The predicted molar refractivity (Wildman–Crippen MR) is 116 cm³/mol. The normalized spacial score (nSPS) is 14.6. The monoisotopic (exact) mass is 439 g/mol. The summed E-state index contributed by atoms with van der Waals surface area (Å²) in [6.07, 6.45) is 3.27. The summed E-state index contributed by atoms with van der Waals surface area (Å²) in [7, 11) is 3.55. The molecule has 158 valence electrons. The molecule has 1 fully saturated rings. The first-order valence-electron chi connectivity index (χ1n) is 9.40. The third kappa shape index (κ3) is 5.44. The molecule has 1 aromatic carbocycles. The van der Waals surface area contributed by atoms with Crippen LogP contribution in [-0.2, 0) is 9.53 Å². The Morgan fingerprint density at radius 3 is 2.76 bits per heavy atom. The van der Waals surface area contributed by atoms with Gasteiger partial charge in [0.15, 0.2) is 0 Å². The summed E-state index contributed by atoms with van der Waals surface area (Å²) >= 11 is 2.90. The maximum atomic E-state index is 13.2. The molecule has 10 heteroatoms. The van der Waals surface area contributed by atoms with Gasteiger partial charge < -0.3 is 14.5 Å². The van der Waals surface area contributed by atoms with Crippen molar-refractivity contribution in [2.45, 2.75) is 36.6 Å². The van der Waals surface area contributed by atoms with Gasteiger partial charge in [-0.3, -0.25) is 9.52 Å². The molecule has 1 aliphatic carbocycles. The van der Waals surface area contributed by atoms with Crippen LogP contribution in [0.5, 0.6) is 0 Å². The summed E-state index contributed by atoms with van der Waals surface area (Å²) in [5, 5.41) is 9.93. The largest absolute Gasteiger partial charge is 0.385 e. The van der Waals surface area contributed by atoms with Crippen molar-refractivity contribution in [3.05, 3.63) is 23.2 Å². The number of nitrogens with one attached hydrogen (secondary N) is 1. The highest BCUT2D eigenvalue weighted by Crippen LogP contribution is 2.41. The number of aryl methyl sites for hydroxylation is 1. The van der Waals surface area contributed by atoms with E-state index in [1.54, 1.807) is 12.0 Å². The molecule has 1 heterocycles. The smallest absolute Gasteiger partial charge is 0.214 e. The van der Waals surface area contributed by atoms with Crippen molar-refractivity contribution in [1.82, 2.24) is 14.9 Å². The maximum Gasteiger partial charge on any atom is 0.214 e. The minimum Gasteiger partial charge on any atom is -0.385 e. The molecule has 0 bridgehead atoms. The summed E-state index contributed by atoms with van der Waals surface area (Å²) in [6.45, 7) is 2.66. The highest BCUT2D eigenvalue weighted by Gasteiger charge is 2.42. The van der Waals surface area contributed by atoms with Crippen molar-refractivity contribution in [3.8, 4) is 0 Å². The number of halogens is 1. The summed E-state index contributed by atoms with van der Waals surface area (Å²) in [5.41, 5.74) is 1.23. The number of anilines is 3. The summed E-state index contributed by atoms with van der Waals surface area (Å²) in [5.74, 6) is 0. The minimum atomic E-state index is -0.388. The quantitative estimate of drug-likeness (QED) is 0.307. The third-order valence-electron chi connectivity index (χ3n) is 4.79. The molecule has 3 rings (SSSR count). The lowest BCUT2D eigenvalue weighted by Gasteiger charge is -2.26. The van der Waals surface area contributed by atoms with Gasteiger partial charge in [-0.2, -0.15) is 0 Å². The van der Waals surface area contributed by atoms with Crippen LogP contribution in [0.25, 0.3) is 0 Å². The Kier molecular flexibility index (Phi) is 7.44. The lowest BCUT2D eigenvalue weighted by molar-refractivity contribution is -0.107. The average Bonchev–Trinajstić information content (AvgIpc) is 3.40. The van der Waals surface area contributed by atoms with Gasteiger partial charge in [0, 0.05) is 32.2 Å². The van der Waals surface area contributed by atoms with E-state index in [1.165, 1.54) is 23.3 Å². The van der Waals surface area contributed by atoms with Gasteiger partial charge in [-0.05, 0) is 56.3 Å². The zero-order chi connectivity index (χ0) is 20.9. The van der Waals surface area contributed by atoms with Gasteiger partial charge in [0.1, 0.15) is 11.7 Å². The first-order valence-corrected chi connectivity index (χ1v) is 11.0. The van der Waals surface area contributed by atoms with Gasteiger partial charge in [-0.1, -0.05) is 11.3 Å². The molecular weight excluding hydrogens is 413 g/mol. The van der Waals surface area contributed by atoms with Crippen LogP contribution in [0.3, 0.4) is 0 Å². The Labute approximate surface area is 178 Å². The average molecular weight is 440 g/mol. The van der Waals surface area contributed by atoms with E-state index in [0.717, 1.165) is 52.1 Å². The second-order valence-electron chi connectivity index (χ2n) is 7.08. The highest BCUT2D eigenvalue weighted by molar-refractivity contribution is 7.97. The number of amides is 1. The van der Waals surface area contributed by atoms with E-state index in [2.05, 4.69) is 14.9 Å².